The van der Waals surface area contributed by atoms with E-state index in [0.29, 0.717) is 17.5 Å². The van der Waals surface area contributed by atoms with Crippen molar-refractivity contribution in [2.75, 3.05) is 0 Å². The lowest BCUT2D eigenvalue weighted by Gasteiger charge is -2.12. The molecule has 0 saturated carbocycles. The van der Waals surface area contributed by atoms with Gasteiger partial charge in [0.05, 0.1) is 11.0 Å². The lowest BCUT2D eigenvalue weighted by atomic mass is 10.0. The van der Waals surface area contributed by atoms with Crippen molar-refractivity contribution < 1.29 is 4.42 Å². The van der Waals surface area contributed by atoms with E-state index in [9.17, 15) is 0 Å². The summed E-state index contributed by atoms with van der Waals surface area (Å²) >= 11 is 0. The van der Waals surface area contributed by atoms with Crippen LogP contribution in [-0.2, 0) is 0 Å². The van der Waals surface area contributed by atoms with Crippen LogP contribution in [0, 0.1) is 0 Å². The molecule has 3 heterocycles. The van der Waals surface area contributed by atoms with Gasteiger partial charge in [-0.25, -0.2) is 15.0 Å². The van der Waals surface area contributed by atoms with Gasteiger partial charge in [0, 0.05) is 49.5 Å². The van der Waals surface area contributed by atoms with Gasteiger partial charge in [-0.05, 0) is 58.8 Å². The number of hydrogen-bond acceptors (Lipinski definition) is 4. The summed E-state index contributed by atoms with van der Waals surface area (Å²) in [6, 6.07) is 63.4. The molecule has 0 aliphatic carbocycles. The quantitative estimate of drug-likeness (QED) is 0.180. The van der Waals surface area contributed by atoms with Gasteiger partial charge in [-0.3, -0.25) is 0 Å². The van der Waals surface area contributed by atoms with Gasteiger partial charge >= 0.3 is 0 Å². The topological polar surface area (TPSA) is 56.7 Å². The lowest BCUT2D eigenvalue weighted by molar-refractivity contribution is 0.670. The van der Waals surface area contributed by atoms with Crippen molar-refractivity contribution in [1.82, 2.24) is 19.5 Å². The zero-order valence-corrected chi connectivity index (χ0v) is 29.0. The Morgan fingerprint density at radius 3 is 1.63 bits per heavy atom. The Hall–Kier alpha value is -7.37. The second kappa shape index (κ2) is 12.1. The van der Waals surface area contributed by atoms with E-state index >= 15 is 0 Å². The smallest absolute Gasteiger partial charge is 0.164 e. The first kappa shape index (κ1) is 30.3. The van der Waals surface area contributed by atoms with Gasteiger partial charge in [-0.15, -0.1) is 0 Å². The van der Waals surface area contributed by atoms with E-state index in [4.69, 9.17) is 19.4 Å². The molecule has 0 spiro atoms. The predicted octanol–water partition coefficient (Wildman–Crippen LogP) is 12.7. The molecule has 0 aliphatic rings. The first-order chi connectivity index (χ1) is 26.7. The molecular formula is C49H30N4O. The fraction of sp³-hybridized carbons (Fsp3) is 0. The summed E-state index contributed by atoms with van der Waals surface area (Å²) in [6.07, 6.45) is 0. The van der Waals surface area contributed by atoms with Gasteiger partial charge in [-0.2, -0.15) is 0 Å². The molecule has 0 N–H and O–H groups in total. The second-order valence-electron chi connectivity index (χ2n) is 13.7. The van der Waals surface area contributed by atoms with E-state index < -0.39 is 0 Å². The van der Waals surface area contributed by atoms with E-state index in [-0.39, 0.29) is 0 Å². The summed E-state index contributed by atoms with van der Waals surface area (Å²) < 4.78 is 9.25. The first-order valence-corrected chi connectivity index (χ1v) is 18.1. The third-order valence-corrected chi connectivity index (χ3v) is 10.4. The molecule has 11 aromatic rings. The molecule has 3 aromatic heterocycles. The zero-order chi connectivity index (χ0) is 35.6. The van der Waals surface area contributed by atoms with Crippen LogP contribution in [0.25, 0.3) is 105 Å². The van der Waals surface area contributed by atoms with Crippen LogP contribution < -0.4 is 0 Å². The van der Waals surface area contributed by atoms with Crippen molar-refractivity contribution >= 4 is 54.5 Å². The number of nitrogens with zero attached hydrogens (tertiary/aromatic N) is 4. The SMILES string of the molecule is c1ccc(-c2nc(-c3ccccc3)nc(-c3ccc4c(c3)oc3c(-c5ccccc5)cc(-n5c6ccccc6c6cc7ccccc7cc65)cc34)n2)cc1. The molecule has 0 saturated heterocycles. The van der Waals surface area contributed by atoms with Crippen molar-refractivity contribution in [2.24, 2.45) is 0 Å². The minimum atomic E-state index is 0.589. The Labute approximate surface area is 310 Å². The highest BCUT2D eigenvalue weighted by Gasteiger charge is 2.20. The third-order valence-electron chi connectivity index (χ3n) is 10.4. The molecular weight excluding hydrogens is 661 g/mol. The zero-order valence-electron chi connectivity index (χ0n) is 29.0. The summed E-state index contributed by atoms with van der Waals surface area (Å²) in [6.45, 7) is 0. The maximum atomic E-state index is 6.85. The first-order valence-electron chi connectivity index (χ1n) is 18.1. The van der Waals surface area contributed by atoms with Gasteiger partial charge < -0.3 is 8.98 Å². The van der Waals surface area contributed by atoms with Gasteiger partial charge in [0.1, 0.15) is 11.2 Å². The molecule has 252 valence electrons. The van der Waals surface area contributed by atoms with Crippen LogP contribution in [-0.4, -0.2) is 19.5 Å². The number of benzene rings is 8. The number of para-hydroxylation sites is 1. The van der Waals surface area contributed by atoms with Gasteiger partial charge in [0.2, 0.25) is 0 Å². The highest BCUT2D eigenvalue weighted by Crippen LogP contribution is 2.42. The molecule has 0 amide bonds. The van der Waals surface area contributed by atoms with E-state index in [1.54, 1.807) is 0 Å². The van der Waals surface area contributed by atoms with Crippen LogP contribution in [0.1, 0.15) is 0 Å². The van der Waals surface area contributed by atoms with Crippen molar-refractivity contribution in [3.63, 3.8) is 0 Å². The number of rotatable bonds is 5. The molecule has 0 unspecified atom stereocenters. The predicted molar refractivity (Wildman–Crippen MR) is 221 cm³/mol. The van der Waals surface area contributed by atoms with Crippen molar-refractivity contribution in [3.8, 4) is 51.0 Å². The van der Waals surface area contributed by atoms with E-state index in [1.165, 1.54) is 27.1 Å². The summed E-state index contributed by atoms with van der Waals surface area (Å²) in [5.74, 6) is 1.84. The summed E-state index contributed by atoms with van der Waals surface area (Å²) in [5, 5.41) is 6.97. The van der Waals surface area contributed by atoms with Crippen LogP contribution in [0.2, 0.25) is 0 Å². The van der Waals surface area contributed by atoms with Crippen LogP contribution in [0.15, 0.2) is 186 Å². The van der Waals surface area contributed by atoms with E-state index in [0.717, 1.165) is 61.0 Å². The average Bonchev–Trinajstić information content (AvgIpc) is 3.78. The monoisotopic (exact) mass is 690 g/mol. The summed E-state index contributed by atoms with van der Waals surface area (Å²) in [4.78, 5) is 14.9. The molecule has 0 radical (unpaired) electrons. The van der Waals surface area contributed by atoms with Crippen LogP contribution >= 0.6 is 0 Å². The maximum absolute atomic E-state index is 6.85. The Morgan fingerprint density at radius 1 is 0.370 bits per heavy atom. The van der Waals surface area contributed by atoms with E-state index in [2.05, 4.69) is 126 Å². The average molecular weight is 691 g/mol. The molecule has 11 rings (SSSR count). The summed E-state index contributed by atoms with van der Waals surface area (Å²) in [7, 11) is 0. The Kier molecular flexibility index (Phi) is 6.79. The van der Waals surface area contributed by atoms with Gasteiger partial charge in [0.25, 0.3) is 0 Å². The highest BCUT2D eigenvalue weighted by atomic mass is 16.3. The van der Waals surface area contributed by atoms with Crippen LogP contribution in [0.3, 0.4) is 0 Å². The third kappa shape index (κ3) is 4.90. The Bertz CT molecular complexity index is 3140. The lowest BCUT2D eigenvalue weighted by Crippen LogP contribution is -2.00. The maximum Gasteiger partial charge on any atom is 0.164 e. The minimum absolute atomic E-state index is 0.589. The minimum Gasteiger partial charge on any atom is -0.455 e. The standard InChI is InChI=1S/C49H30N4O/c1-4-14-31(15-5-1)40-29-37(53-43-23-13-12-22-38(43)41-26-34-20-10-11-21-35(34)27-44(41)53)30-42-39-25-24-36(28-45(39)54-46(40)42)49-51-47(32-16-6-2-7-17-32)50-48(52-49)33-18-8-3-9-19-33/h1-30H. The van der Waals surface area contributed by atoms with Gasteiger partial charge in [0.15, 0.2) is 17.5 Å². The highest BCUT2D eigenvalue weighted by molar-refractivity contribution is 6.15. The second-order valence-corrected chi connectivity index (χ2v) is 13.7. The largest absolute Gasteiger partial charge is 0.455 e. The summed E-state index contributed by atoms with van der Waals surface area (Å²) in [5.41, 5.74) is 9.86. The Morgan fingerprint density at radius 2 is 0.944 bits per heavy atom. The molecule has 54 heavy (non-hydrogen) atoms. The molecule has 0 fully saturated rings. The van der Waals surface area contributed by atoms with Crippen LogP contribution in [0.4, 0.5) is 0 Å². The van der Waals surface area contributed by atoms with Crippen molar-refractivity contribution in [2.45, 2.75) is 0 Å². The normalized spacial score (nSPS) is 11.7. The van der Waals surface area contributed by atoms with Crippen molar-refractivity contribution in [1.29, 1.82) is 0 Å². The van der Waals surface area contributed by atoms with Gasteiger partial charge in [-0.1, -0.05) is 140 Å². The number of aromatic nitrogens is 4. The number of hydrogen-bond donors (Lipinski definition) is 0. The molecule has 8 aromatic carbocycles. The fourth-order valence-electron chi connectivity index (χ4n) is 7.83. The molecule has 0 aliphatic heterocycles. The Balaban J connectivity index is 1.15. The number of fused-ring (bicyclic) bond motifs is 7. The number of furan rings is 1. The van der Waals surface area contributed by atoms with E-state index in [1.807, 2.05) is 60.7 Å². The molecule has 0 atom stereocenters. The van der Waals surface area contributed by atoms with Crippen molar-refractivity contribution in [3.05, 3.63) is 182 Å². The van der Waals surface area contributed by atoms with Crippen LogP contribution in [0.5, 0.6) is 0 Å². The molecule has 0 bridgehead atoms. The molecule has 5 nitrogen and oxygen atoms in total. The fourth-order valence-corrected chi connectivity index (χ4v) is 7.83. The molecule has 5 heteroatoms.